The standard InChI is InChI=1S/C22H27N3O2S/c1-5-15-6-8-16(9-7-15)19(25(3)4)13-23-22(27)17-10-11-20-18(12-17)24-21(26)14(2)28-20/h6-12,14,19H,5,13H2,1-4H3,(H,23,27)(H,24,26)/t14-,19+/m1/s1. The first-order chi connectivity index (χ1) is 13.4. The fraction of sp³-hybridized carbons (Fsp3) is 0.364. The molecule has 2 aromatic carbocycles. The highest BCUT2D eigenvalue weighted by molar-refractivity contribution is 8.00. The van der Waals surface area contributed by atoms with Gasteiger partial charge in [0, 0.05) is 17.0 Å². The Morgan fingerprint density at radius 1 is 1.21 bits per heavy atom. The van der Waals surface area contributed by atoms with Gasteiger partial charge in [-0.25, -0.2) is 0 Å². The first-order valence-corrected chi connectivity index (χ1v) is 10.4. The fourth-order valence-corrected chi connectivity index (χ4v) is 4.15. The zero-order valence-corrected chi connectivity index (χ0v) is 17.6. The molecule has 2 N–H and O–H groups in total. The molecule has 2 aromatic rings. The van der Waals surface area contributed by atoms with E-state index in [1.54, 1.807) is 6.07 Å². The van der Waals surface area contributed by atoms with E-state index < -0.39 is 0 Å². The van der Waals surface area contributed by atoms with Crippen molar-refractivity contribution in [2.24, 2.45) is 0 Å². The number of hydrogen-bond acceptors (Lipinski definition) is 4. The van der Waals surface area contributed by atoms with Gasteiger partial charge < -0.3 is 15.5 Å². The summed E-state index contributed by atoms with van der Waals surface area (Å²) in [4.78, 5) is 27.7. The van der Waals surface area contributed by atoms with Gasteiger partial charge in [0.05, 0.1) is 17.0 Å². The Morgan fingerprint density at radius 3 is 2.57 bits per heavy atom. The Bertz CT molecular complexity index is 865. The number of carbonyl (C=O) groups is 2. The van der Waals surface area contributed by atoms with Crippen LogP contribution in [0.3, 0.4) is 0 Å². The van der Waals surface area contributed by atoms with Crippen molar-refractivity contribution in [1.82, 2.24) is 10.2 Å². The van der Waals surface area contributed by atoms with Gasteiger partial charge in [-0.05, 0) is 56.8 Å². The number of anilines is 1. The summed E-state index contributed by atoms with van der Waals surface area (Å²) >= 11 is 1.51. The second kappa shape index (κ2) is 8.80. The van der Waals surface area contributed by atoms with Crippen LogP contribution in [0.5, 0.6) is 0 Å². The summed E-state index contributed by atoms with van der Waals surface area (Å²) in [6.45, 7) is 4.52. The number of benzene rings is 2. The molecular weight excluding hydrogens is 370 g/mol. The second-order valence-corrected chi connectivity index (χ2v) is 8.63. The van der Waals surface area contributed by atoms with E-state index in [9.17, 15) is 9.59 Å². The number of rotatable bonds is 6. The lowest BCUT2D eigenvalue weighted by molar-refractivity contribution is -0.115. The number of nitrogens with zero attached hydrogens (tertiary/aromatic N) is 1. The molecule has 1 aliphatic rings. The molecule has 148 valence electrons. The van der Waals surface area contributed by atoms with E-state index >= 15 is 0 Å². The van der Waals surface area contributed by atoms with E-state index in [-0.39, 0.29) is 23.1 Å². The van der Waals surface area contributed by atoms with Crippen LogP contribution < -0.4 is 10.6 Å². The van der Waals surface area contributed by atoms with Crippen molar-refractivity contribution in [3.8, 4) is 0 Å². The van der Waals surface area contributed by atoms with Gasteiger partial charge in [0.2, 0.25) is 5.91 Å². The molecule has 0 aliphatic carbocycles. The minimum atomic E-state index is -0.141. The van der Waals surface area contributed by atoms with E-state index in [1.165, 1.54) is 22.9 Å². The third-order valence-electron chi connectivity index (χ3n) is 5.02. The maximum Gasteiger partial charge on any atom is 0.251 e. The van der Waals surface area contributed by atoms with Gasteiger partial charge >= 0.3 is 0 Å². The molecule has 6 heteroatoms. The molecule has 1 aliphatic heterocycles. The maximum absolute atomic E-state index is 12.7. The average molecular weight is 398 g/mol. The number of thioether (sulfide) groups is 1. The van der Waals surface area contributed by atoms with Gasteiger partial charge in [-0.1, -0.05) is 31.2 Å². The molecular formula is C22H27N3O2S. The molecule has 0 bridgehead atoms. The maximum atomic E-state index is 12.7. The van der Waals surface area contributed by atoms with Gasteiger partial charge in [0.15, 0.2) is 0 Å². The molecule has 0 radical (unpaired) electrons. The molecule has 2 atom stereocenters. The summed E-state index contributed by atoms with van der Waals surface area (Å²) in [6.07, 6.45) is 1.01. The SMILES string of the molecule is CCc1ccc([C@H](CNC(=O)c2ccc3c(c2)NC(=O)[C@@H](C)S3)N(C)C)cc1. The second-order valence-electron chi connectivity index (χ2n) is 7.24. The number of fused-ring (bicyclic) bond motifs is 1. The van der Waals surface area contributed by atoms with Crippen LogP contribution in [-0.4, -0.2) is 42.6 Å². The predicted molar refractivity (Wildman–Crippen MR) is 115 cm³/mol. The molecule has 28 heavy (non-hydrogen) atoms. The predicted octanol–water partition coefficient (Wildman–Crippen LogP) is 3.71. The number of hydrogen-bond donors (Lipinski definition) is 2. The van der Waals surface area contributed by atoms with Gasteiger partial charge in [0.25, 0.3) is 5.91 Å². The molecule has 0 saturated heterocycles. The molecule has 0 aromatic heterocycles. The topological polar surface area (TPSA) is 61.4 Å². The Balaban J connectivity index is 1.69. The minimum absolute atomic E-state index is 0.0294. The Morgan fingerprint density at radius 2 is 1.93 bits per heavy atom. The summed E-state index contributed by atoms with van der Waals surface area (Å²) < 4.78 is 0. The third-order valence-corrected chi connectivity index (χ3v) is 6.20. The molecule has 5 nitrogen and oxygen atoms in total. The van der Waals surface area contributed by atoms with Crippen molar-refractivity contribution in [1.29, 1.82) is 0 Å². The van der Waals surface area contributed by atoms with E-state index in [4.69, 9.17) is 0 Å². The van der Waals surface area contributed by atoms with Crippen molar-refractivity contribution in [2.45, 2.75) is 36.5 Å². The monoisotopic (exact) mass is 397 g/mol. The van der Waals surface area contributed by atoms with Crippen LogP contribution in [0.15, 0.2) is 47.4 Å². The van der Waals surface area contributed by atoms with Gasteiger partial charge in [-0.15, -0.1) is 11.8 Å². The molecule has 1 heterocycles. The van der Waals surface area contributed by atoms with Crippen LogP contribution in [0, 0.1) is 0 Å². The molecule has 0 unspecified atom stereocenters. The van der Waals surface area contributed by atoms with Crippen LogP contribution in [0.25, 0.3) is 0 Å². The quantitative estimate of drug-likeness (QED) is 0.780. The summed E-state index contributed by atoms with van der Waals surface area (Å²) in [7, 11) is 4.02. The van der Waals surface area contributed by atoms with Crippen molar-refractivity contribution in [3.63, 3.8) is 0 Å². The summed E-state index contributed by atoms with van der Waals surface area (Å²) in [5.41, 5.74) is 3.73. The van der Waals surface area contributed by atoms with Gasteiger partial charge in [-0.3, -0.25) is 9.59 Å². The Labute approximate surface area is 170 Å². The van der Waals surface area contributed by atoms with Crippen molar-refractivity contribution >= 4 is 29.3 Å². The van der Waals surface area contributed by atoms with Crippen molar-refractivity contribution < 1.29 is 9.59 Å². The van der Waals surface area contributed by atoms with Crippen LogP contribution in [0.4, 0.5) is 5.69 Å². The number of likely N-dealkylation sites (N-methyl/N-ethyl adjacent to an activating group) is 1. The normalized spacial score (nSPS) is 17.0. The number of amides is 2. The lowest BCUT2D eigenvalue weighted by Gasteiger charge is -2.25. The van der Waals surface area contributed by atoms with Crippen LogP contribution in [0.1, 0.15) is 41.4 Å². The third kappa shape index (κ3) is 4.56. The highest BCUT2D eigenvalue weighted by Crippen LogP contribution is 2.35. The van der Waals surface area contributed by atoms with Crippen LogP contribution >= 0.6 is 11.8 Å². The van der Waals surface area contributed by atoms with Crippen LogP contribution in [-0.2, 0) is 11.2 Å². The molecule has 0 saturated carbocycles. The van der Waals surface area contributed by atoms with E-state index in [0.29, 0.717) is 17.8 Å². The van der Waals surface area contributed by atoms with E-state index in [2.05, 4.69) is 46.7 Å². The lowest BCUT2D eigenvalue weighted by Crippen LogP contribution is -2.34. The molecule has 3 rings (SSSR count). The van der Waals surface area contributed by atoms with Gasteiger partial charge in [-0.2, -0.15) is 0 Å². The first kappa shape index (κ1) is 20.4. The van der Waals surface area contributed by atoms with Crippen molar-refractivity contribution in [3.05, 3.63) is 59.2 Å². The fourth-order valence-electron chi connectivity index (χ4n) is 3.22. The number of carbonyl (C=O) groups excluding carboxylic acids is 2. The number of nitrogens with one attached hydrogen (secondary N) is 2. The smallest absolute Gasteiger partial charge is 0.251 e. The zero-order valence-electron chi connectivity index (χ0n) is 16.8. The lowest BCUT2D eigenvalue weighted by atomic mass is 10.0. The first-order valence-electron chi connectivity index (χ1n) is 9.54. The molecule has 0 fully saturated rings. The summed E-state index contributed by atoms with van der Waals surface area (Å²) in [5.74, 6) is -0.170. The summed E-state index contributed by atoms with van der Waals surface area (Å²) in [5, 5.41) is 5.79. The average Bonchev–Trinajstić information content (AvgIpc) is 2.68. The zero-order chi connectivity index (χ0) is 20.3. The Hall–Kier alpha value is -2.31. The van der Waals surface area contributed by atoms with E-state index in [1.807, 2.05) is 33.2 Å². The highest BCUT2D eigenvalue weighted by atomic mass is 32.2. The van der Waals surface area contributed by atoms with Crippen molar-refractivity contribution in [2.75, 3.05) is 26.0 Å². The number of aryl methyl sites for hydroxylation is 1. The molecule has 0 spiro atoms. The summed E-state index contributed by atoms with van der Waals surface area (Å²) in [6, 6.07) is 14.1. The minimum Gasteiger partial charge on any atom is -0.350 e. The largest absolute Gasteiger partial charge is 0.350 e. The Kier molecular flexibility index (Phi) is 6.42. The van der Waals surface area contributed by atoms with Gasteiger partial charge in [0.1, 0.15) is 0 Å². The highest BCUT2D eigenvalue weighted by Gasteiger charge is 2.24. The van der Waals surface area contributed by atoms with Crippen LogP contribution in [0.2, 0.25) is 0 Å². The molecule has 2 amide bonds. The van der Waals surface area contributed by atoms with E-state index in [0.717, 1.165) is 11.3 Å².